The average molecular weight is 420 g/mol. The first-order valence-electron chi connectivity index (χ1n) is 7.90. The lowest BCUT2D eigenvalue weighted by molar-refractivity contribution is -0.133. The van der Waals surface area contributed by atoms with E-state index in [0.717, 1.165) is 5.56 Å². The van der Waals surface area contributed by atoms with Gasteiger partial charge in [-0.1, -0.05) is 22.0 Å². The highest BCUT2D eigenvalue weighted by atomic mass is 79.9. The molecule has 0 unspecified atom stereocenters. The van der Waals surface area contributed by atoms with Gasteiger partial charge in [-0.2, -0.15) is 0 Å². The maximum Gasteiger partial charge on any atom is 0.261 e. The van der Waals surface area contributed by atoms with E-state index in [1.165, 1.54) is 20.3 Å². The molecule has 6 nitrogen and oxygen atoms in total. The molecule has 1 heterocycles. The third kappa shape index (κ3) is 2.87. The predicted octanol–water partition coefficient (Wildman–Crippen LogP) is 3.19. The van der Waals surface area contributed by atoms with E-state index in [0.29, 0.717) is 32.8 Å². The molecule has 2 aromatic carbocycles. The zero-order valence-electron chi connectivity index (χ0n) is 14.6. The van der Waals surface area contributed by atoms with Crippen molar-refractivity contribution in [3.8, 4) is 11.5 Å². The number of benzene rings is 2. The molecular formula is C19H18BrNO5. The number of halogens is 1. The normalized spacial score (nSPS) is 18.3. The van der Waals surface area contributed by atoms with Crippen LogP contribution in [0.3, 0.4) is 0 Å². The second-order valence-electron chi connectivity index (χ2n) is 6.10. The molecule has 0 fully saturated rings. The number of ether oxygens (including phenoxy) is 2. The Morgan fingerprint density at radius 2 is 1.88 bits per heavy atom. The highest BCUT2D eigenvalue weighted by molar-refractivity contribution is 9.10. The van der Waals surface area contributed by atoms with E-state index in [-0.39, 0.29) is 12.2 Å². The van der Waals surface area contributed by atoms with Crippen LogP contribution in [-0.4, -0.2) is 31.0 Å². The Hall–Kier alpha value is -2.38. The van der Waals surface area contributed by atoms with Gasteiger partial charge in [-0.15, -0.1) is 0 Å². The first-order valence-corrected chi connectivity index (χ1v) is 8.69. The zero-order chi connectivity index (χ0) is 19.1. The molecule has 136 valence electrons. The number of hydrogen-bond acceptors (Lipinski definition) is 5. The molecule has 0 bridgehead atoms. The lowest BCUT2D eigenvalue weighted by atomic mass is 9.87. The minimum Gasteiger partial charge on any atom is -0.493 e. The van der Waals surface area contributed by atoms with Gasteiger partial charge in [0.15, 0.2) is 22.9 Å². The molecular weight excluding hydrogens is 402 g/mol. The standard InChI is InChI=1S/C19H18BrNO5/c1-10-4-6-12-16(17(10)20)19(24,18(23)21-12)9-13(22)11-5-7-14(25-2)15(8-11)26-3/h4-8,24H,9H2,1-3H3,(H,21,23)/t19-/m1/s1. The van der Waals surface area contributed by atoms with Crippen molar-refractivity contribution in [3.63, 3.8) is 0 Å². The molecule has 3 rings (SSSR count). The minimum absolute atomic E-state index is 0.320. The van der Waals surface area contributed by atoms with Crippen molar-refractivity contribution in [2.24, 2.45) is 0 Å². The van der Waals surface area contributed by atoms with Crippen LogP contribution < -0.4 is 14.8 Å². The molecule has 1 atom stereocenters. The van der Waals surface area contributed by atoms with Gasteiger partial charge < -0.3 is 19.9 Å². The summed E-state index contributed by atoms with van der Waals surface area (Å²) in [4.78, 5) is 25.2. The Kier molecular flexibility index (Phi) is 4.77. The van der Waals surface area contributed by atoms with Crippen molar-refractivity contribution in [1.82, 2.24) is 0 Å². The van der Waals surface area contributed by atoms with Crippen LogP contribution >= 0.6 is 15.9 Å². The SMILES string of the molecule is COc1ccc(C(=O)C[C@]2(O)C(=O)Nc3ccc(C)c(Br)c32)cc1OC. The number of carbonyl (C=O) groups excluding carboxylic acids is 2. The molecule has 1 aliphatic heterocycles. The van der Waals surface area contributed by atoms with Gasteiger partial charge in [-0.25, -0.2) is 0 Å². The summed E-state index contributed by atoms with van der Waals surface area (Å²) >= 11 is 3.42. The maximum absolute atomic E-state index is 12.8. The number of rotatable bonds is 5. The smallest absolute Gasteiger partial charge is 0.261 e. The van der Waals surface area contributed by atoms with Crippen LogP contribution in [-0.2, 0) is 10.4 Å². The Bertz CT molecular complexity index is 911. The number of fused-ring (bicyclic) bond motifs is 1. The van der Waals surface area contributed by atoms with Crippen LogP contribution in [0, 0.1) is 6.92 Å². The highest BCUT2D eigenvalue weighted by Crippen LogP contribution is 2.44. The fourth-order valence-corrected chi connectivity index (χ4v) is 3.71. The zero-order valence-corrected chi connectivity index (χ0v) is 16.1. The second-order valence-corrected chi connectivity index (χ2v) is 6.90. The van der Waals surface area contributed by atoms with Crippen molar-refractivity contribution in [3.05, 3.63) is 51.5 Å². The Morgan fingerprint density at radius 3 is 2.54 bits per heavy atom. The summed E-state index contributed by atoms with van der Waals surface area (Å²) in [6, 6.07) is 8.26. The predicted molar refractivity (Wildman–Crippen MR) is 99.9 cm³/mol. The van der Waals surface area contributed by atoms with Gasteiger partial charge in [0.05, 0.1) is 20.6 Å². The van der Waals surface area contributed by atoms with Crippen molar-refractivity contribution < 1.29 is 24.2 Å². The van der Waals surface area contributed by atoms with Crippen LogP contribution in [0.4, 0.5) is 5.69 Å². The molecule has 7 heteroatoms. The topological polar surface area (TPSA) is 84.9 Å². The fourth-order valence-electron chi connectivity index (χ4n) is 3.04. The van der Waals surface area contributed by atoms with E-state index >= 15 is 0 Å². The number of anilines is 1. The molecule has 0 saturated carbocycles. The monoisotopic (exact) mass is 419 g/mol. The number of carbonyl (C=O) groups is 2. The first kappa shape index (κ1) is 18.4. The van der Waals surface area contributed by atoms with Gasteiger partial charge in [0.2, 0.25) is 0 Å². The van der Waals surface area contributed by atoms with Gasteiger partial charge in [0.25, 0.3) is 5.91 Å². The van der Waals surface area contributed by atoms with Crippen molar-refractivity contribution in [1.29, 1.82) is 0 Å². The first-order chi connectivity index (χ1) is 12.3. The molecule has 2 aromatic rings. The van der Waals surface area contributed by atoms with Crippen molar-refractivity contribution >= 4 is 33.3 Å². The van der Waals surface area contributed by atoms with Gasteiger partial charge >= 0.3 is 0 Å². The lowest BCUT2D eigenvalue weighted by Gasteiger charge is -2.22. The number of aliphatic hydroxyl groups is 1. The number of nitrogens with one attached hydrogen (secondary N) is 1. The van der Waals surface area contributed by atoms with E-state index in [1.54, 1.807) is 18.2 Å². The van der Waals surface area contributed by atoms with Gasteiger partial charge in [-0.3, -0.25) is 9.59 Å². The number of Topliss-reactive ketones (excluding diaryl/α,β-unsaturated/α-hetero) is 1. The maximum atomic E-state index is 12.8. The number of amides is 1. The van der Waals surface area contributed by atoms with Crippen LogP contribution in [0.1, 0.15) is 27.9 Å². The van der Waals surface area contributed by atoms with E-state index in [4.69, 9.17) is 9.47 Å². The number of ketones is 1. The summed E-state index contributed by atoms with van der Waals surface area (Å²) in [6.45, 7) is 1.85. The summed E-state index contributed by atoms with van der Waals surface area (Å²) in [6.07, 6.45) is -0.386. The average Bonchev–Trinajstić information content (AvgIpc) is 2.88. The van der Waals surface area contributed by atoms with E-state index < -0.39 is 11.5 Å². The third-order valence-electron chi connectivity index (χ3n) is 4.49. The van der Waals surface area contributed by atoms with Crippen molar-refractivity contribution in [2.45, 2.75) is 18.9 Å². The van der Waals surface area contributed by atoms with Gasteiger partial charge in [-0.05, 0) is 36.8 Å². The molecule has 26 heavy (non-hydrogen) atoms. The highest BCUT2D eigenvalue weighted by Gasteiger charge is 2.48. The summed E-state index contributed by atoms with van der Waals surface area (Å²) in [5, 5.41) is 13.7. The molecule has 2 N–H and O–H groups in total. The number of methoxy groups -OCH3 is 2. The third-order valence-corrected chi connectivity index (χ3v) is 5.52. The molecule has 0 radical (unpaired) electrons. The van der Waals surface area contributed by atoms with E-state index in [2.05, 4.69) is 21.2 Å². The molecule has 0 aromatic heterocycles. The molecule has 0 spiro atoms. The Labute approximate surface area is 159 Å². The summed E-state index contributed by atoms with van der Waals surface area (Å²) < 4.78 is 11.0. The molecule has 1 aliphatic rings. The largest absolute Gasteiger partial charge is 0.493 e. The summed E-state index contributed by atoms with van der Waals surface area (Å²) in [7, 11) is 2.97. The molecule has 0 saturated heterocycles. The van der Waals surface area contributed by atoms with E-state index in [1.807, 2.05) is 13.0 Å². The van der Waals surface area contributed by atoms with E-state index in [9.17, 15) is 14.7 Å². The molecule has 1 amide bonds. The fraction of sp³-hybridized carbons (Fsp3) is 0.263. The van der Waals surface area contributed by atoms with Crippen LogP contribution in [0.25, 0.3) is 0 Å². The minimum atomic E-state index is -1.94. The summed E-state index contributed by atoms with van der Waals surface area (Å²) in [5.41, 5.74) is 0.120. The number of hydrogen-bond donors (Lipinski definition) is 2. The van der Waals surface area contributed by atoms with Crippen LogP contribution in [0.5, 0.6) is 11.5 Å². The second kappa shape index (κ2) is 6.74. The quantitative estimate of drug-likeness (QED) is 0.726. The summed E-state index contributed by atoms with van der Waals surface area (Å²) in [5.74, 6) is -0.110. The van der Waals surface area contributed by atoms with Gasteiger partial charge in [0, 0.05) is 21.3 Å². The number of aryl methyl sites for hydroxylation is 1. The Morgan fingerprint density at radius 1 is 1.19 bits per heavy atom. The lowest BCUT2D eigenvalue weighted by Crippen LogP contribution is -2.36. The molecule has 0 aliphatic carbocycles. The van der Waals surface area contributed by atoms with Crippen LogP contribution in [0.2, 0.25) is 0 Å². The van der Waals surface area contributed by atoms with Gasteiger partial charge in [0.1, 0.15) is 0 Å². The Balaban J connectivity index is 1.98. The van der Waals surface area contributed by atoms with Crippen LogP contribution in [0.15, 0.2) is 34.8 Å². The van der Waals surface area contributed by atoms with Crippen molar-refractivity contribution in [2.75, 3.05) is 19.5 Å².